The van der Waals surface area contributed by atoms with Crippen LogP contribution >= 0.6 is 11.3 Å². The van der Waals surface area contributed by atoms with Gasteiger partial charge in [0, 0.05) is 17.5 Å². The van der Waals surface area contributed by atoms with Crippen molar-refractivity contribution < 1.29 is 5.11 Å². The number of aliphatic hydroxyl groups excluding tert-OH is 1. The first kappa shape index (κ1) is 6.71. The average molecular weight is 143 g/mol. The van der Waals surface area contributed by atoms with Gasteiger partial charge in [0.2, 0.25) is 0 Å². The Morgan fingerprint density at radius 1 is 1.89 bits per heavy atom. The molecular weight excluding hydrogens is 134 g/mol. The molecule has 0 spiro atoms. The summed E-state index contributed by atoms with van der Waals surface area (Å²) < 4.78 is 0. The second-order valence-electron chi connectivity index (χ2n) is 2.02. The molecule has 9 heavy (non-hydrogen) atoms. The van der Waals surface area contributed by atoms with Crippen LogP contribution < -0.4 is 0 Å². The summed E-state index contributed by atoms with van der Waals surface area (Å²) in [4.78, 5) is 5.03. The molecule has 0 saturated heterocycles. The van der Waals surface area contributed by atoms with Crippen molar-refractivity contribution in [3.8, 4) is 0 Å². The molecule has 1 aromatic rings. The third-order valence-corrected chi connectivity index (χ3v) is 1.78. The summed E-state index contributed by atoms with van der Waals surface area (Å²) in [6.07, 6.45) is 2.27. The van der Waals surface area contributed by atoms with E-state index in [1.165, 1.54) is 0 Å². The lowest BCUT2D eigenvalue weighted by Crippen LogP contribution is -2.01. The van der Waals surface area contributed by atoms with E-state index < -0.39 is 0 Å². The van der Waals surface area contributed by atoms with Crippen LogP contribution in [-0.2, 0) is 6.42 Å². The van der Waals surface area contributed by atoms with Crippen molar-refractivity contribution in [1.82, 2.24) is 4.98 Å². The average Bonchev–Trinajstić information content (AvgIpc) is 2.15. The van der Waals surface area contributed by atoms with E-state index in [0.29, 0.717) is 0 Å². The highest BCUT2D eigenvalue weighted by Gasteiger charge is 1.98. The van der Waals surface area contributed by atoms with Crippen molar-refractivity contribution in [2.75, 3.05) is 0 Å². The van der Waals surface area contributed by atoms with Crippen molar-refractivity contribution in [1.29, 1.82) is 0 Å². The van der Waals surface area contributed by atoms with Gasteiger partial charge in [-0.1, -0.05) is 0 Å². The first-order chi connectivity index (χ1) is 4.29. The SMILES string of the molecule is C[C@H](O)Cc1cncs1. The van der Waals surface area contributed by atoms with Crippen molar-refractivity contribution in [2.45, 2.75) is 19.4 Å². The smallest absolute Gasteiger partial charge is 0.0794 e. The number of aliphatic hydroxyl groups is 1. The lowest BCUT2D eigenvalue weighted by Gasteiger charge is -1.97. The molecule has 0 radical (unpaired) electrons. The second-order valence-corrected chi connectivity index (χ2v) is 2.99. The van der Waals surface area contributed by atoms with Crippen LogP contribution in [0.15, 0.2) is 11.7 Å². The first-order valence-corrected chi connectivity index (χ1v) is 3.72. The van der Waals surface area contributed by atoms with Gasteiger partial charge in [-0.05, 0) is 6.92 Å². The highest BCUT2D eigenvalue weighted by atomic mass is 32.1. The topological polar surface area (TPSA) is 33.1 Å². The maximum Gasteiger partial charge on any atom is 0.0794 e. The Balaban J connectivity index is 2.48. The van der Waals surface area contributed by atoms with Crippen molar-refractivity contribution >= 4 is 11.3 Å². The van der Waals surface area contributed by atoms with Gasteiger partial charge in [0.15, 0.2) is 0 Å². The van der Waals surface area contributed by atoms with Crippen LogP contribution in [0, 0.1) is 0 Å². The lowest BCUT2D eigenvalue weighted by atomic mass is 10.3. The number of nitrogens with zero attached hydrogens (tertiary/aromatic N) is 1. The van der Waals surface area contributed by atoms with Crippen molar-refractivity contribution in [2.24, 2.45) is 0 Å². The molecule has 0 unspecified atom stereocenters. The van der Waals surface area contributed by atoms with Gasteiger partial charge < -0.3 is 5.11 Å². The molecule has 0 aromatic carbocycles. The Bertz CT molecular complexity index is 160. The monoisotopic (exact) mass is 143 g/mol. The third kappa shape index (κ3) is 2.11. The van der Waals surface area contributed by atoms with E-state index in [0.717, 1.165) is 11.3 Å². The minimum atomic E-state index is -0.245. The number of rotatable bonds is 2. The summed E-state index contributed by atoms with van der Waals surface area (Å²) in [6, 6.07) is 0. The molecule has 0 fully saturated rings. The highest BCUT2D eigenvalue weighted by Crippen LogP contribution is 2.07. The van der Waals surface area contributed by atoms with Gasteiger partial charge in [0.1, 0.15) is 0 Å². The van der Waals surface area contributed by atoms with E-state index in [2.05, 4.69) is 4.98 Å². The van der Waals surface area contributed by atoms with Gasteiger partial charge in [-0.25, -0.2) is 0 Å². The van der Waals surface area contributed by atoms with Crippen LogP contribution in [-0.4, -0.2) is 16.2 Å². The van der Waals surface area contributed by atoms with E-state index in [-0.39, 0.29) is 6.10 Å². The summed E-state index contributed by atoms with van der Waals surface area (Å²) in [5.74, 6) is 0. The molecule has 0 aliphatic rings. The number of thiazole rings is 1. The minimum absolute atomic E-state index is 0.245. The molecule has 50 valence electrons. The molecule has 1 aromatic heterocycles. The van der Waals surface area contributed by atoms with Crippen LogP contribution in [0.25, 0.3) is 0 Å². The summed E-state index contributed by atoms with van der Waals surface area (Å²) >= 11 is 1.58. The summed E-state index contributed by atoms with van der Waals surface area (Å²) in [7, 11) is 0. The predicted octanol–water partition coefficient (Wildman–Crippen LogP) is 1.07. The van der Waals surface area contributed by atoms with Crippen LogP contribution in [0.5, 0.6) is 0 Å². The summed E-state index contributed by atoms with van der Waals surface area (Å²) in [5.41, 5.74) is 1.78. The second kappa shape index (κ2) is 2.94. The Morgan fingerprint density at radius 3 is 3.11 bits per heavy atom. The van der Waals surface area contributed by atoms with Crippen LogP contribution in [0.4, 0.5) is 0 Å². The van der Waals surface area contributed by atoms with E-state index in [9.17, 15) is 0 Å². The lowest BCUT2D eigenvalue weighted by molar-refractivity contribution is 0.196. The molecule has 1 atom stereocenters. The fourth-order valence-corrected chi connectivity index (χ4v) is 1.35. The Morgan fingerprint density at radius 2 is 2.67 bits per heavy atom. The fourth-order valence-electron chi connectivity index (χ4n) is 0.634. The Hall–Kier alpha value is -0.410. The van der Waals surface area contributed by atoms with Crippen LogP contribution in [0.2, 0.25) is 0 Å². The summed E-state index contributed by atoms with van der Waals surface area (Å²) in [5, 5.41) is 8.90. The molecular formula is C6H9NOS. The van der Waals surface area contributed by atoms with Crippen molar-refractivity contribution in [3.05, 3.63) is 16.6 Å². The Labute approximate surface area is 58.2 Å². The van der Waals surface area contributed by atoms with E-state index in [1.807, 2.05) is 0 Å². The third-order valence-electron chi connectivity index (χ3n) is 0.980. The van der Waals surface area contributed by atoms with Gasteiger partial charge in [-0.3, -0.25) is 4.98 Å². The van der Waals surface area contributed by atoms with E-state index in [1.54, 1.807) is 30.0 Å². The molecule has 0 amide bonds. The van der Waals surface area contributed by atoms with Gasteiger partial charge in [-0.2, -0.15) is 0 Å². The molecule has 3 heteroatoms. The molecule has 0 aliphatic carbocycles. The van der Waals surface area contributed by atoms with Crippen LogP contribution in [0.1, 0.15) is 11.8 Å². The quantitative estimate of drug-likeness (QED) is 0.671. The zero-order chi connectivity index (χ0) is 6.69. The molecule has 0 bridgehead atoms. The zero-order valence-electron chi connectivity index (χ0n) is 5.24. The molecule has 1 N–H and O–H groups in total. The standard InChI is InChI=1S/C6H9NOS/c1-5(8)2-6-3-7-4-9-6/h3-5,8H,2H2,1H3/t5-/m0/s1. The van der Waals surface area contributed by atoms with E-state index >= 15 is 0 Å². The van der Waals surface area contributed by atoms with E-state index in [4.69, 9.17) is 5.11 Å². The number of aromatic nitrogens is 1. The van der Waals surface area contributed by atoms with Crippen molar-refractivity contribution in [3.63, 3.8) is 0 Å². The highest BCUT2D eigenvalue weighted by molar-refractivity contribution is 7.09. The minimum Gasteiger partial charge on any atom is -0.393 e. The largest absolute Gasteiger partial charge is 0.393 e. The fraction of sp³-hybridized carbons (Fsp3) is 0.500. The number of hydrogen-bond donors (Lipinski definition) is 1. The molecule has 1 heterocycles. The normalized spacial score (nSPS) is 13.6. The predicted molar refractivity (Wildman–Crippen MR) is 37.5 cm³/mol. The maximum atomic E-state index is 8.90. The van der Waals surface area contributed by atoms with Gasteiger partial charge in [0.05, 0.1) is 11.6 Å². The molecule has 0 aliphatic heterocycles. The Kier molecular flexibility index (Phi) is 2.19. The summed E-state index contributed by atoms with van der Waals surface area (Å²) in [6.45, 7) is 1.78. The molecule has 0 saturated carbocycles. The maximum absolute atomic E-state index is 8.90. The molecule has 1 rings (SSSR count). The first-order valence-electron chi connectivity index (χ1n) is 2.84. The van der Waals surface area contributed by atoms with Gasteiger partial charge >= 0.3 is 0 Å². The molecule has 2 nitrogen and oxygen atoms in total. The van der Waals surface area contributed by atoms with Crippen LogP contribution in [0.3, 0.4) is 0 Å². The number of hydrogen-bond acceptors (Lipinski definition) is 3. The van der Waals surface area contributed by atoms with Gasteiger partial charge in [0.25, 0.3) is 0 Å². The zero-order valence-corrected chi connectivity index (χ0v) is 6.06. The van der Waals surface area contributed by atoms with Gasteiger partial charge in [-0.15, -0.1) is 11.3 Å².